The Kier molecular flexibility index (Phi) is 5.79. The molecular formula is C39H26N2O. The SMILES string of the molecule is c1ccc(-c2ccc(N(c3cccc(-c4ccccc4)c3)c3ccc4c(ccc5c6ncccc6oc45)c3)cc2)cc1. The minimum absolute atomic E-state index is 0.807. The second-order valence-electron chi connectivity index (χ2n) is 10.5. The van der Waals surface area contributed by atoms with Crippen molar-refractivity contribution in [3.63, 3.8) is 0 Å². The van der Waals surface area contributed by atoms with E-state index >= 15 is 0 Å². The number of nitrogens with zero attached hydrogens (tertiary/aromatic N) is 2. The van der Waals surface area contributed by atoms with Gasteiger partial charge in [0.05, 0.1) is 0 Å². The Balaban J connectivity index is 1.28. The summed E-state index contributed by atoms with van der Waals surface area (Å²) >= 11 is 0. The summed E-state index contributed by atoms with van der Waals surface area (Å²) in [6, 6.07) is 53.4. The third-order valence-corrected chi connectivity index (χ3v) is 7.89. The van der Waals surface area contributed by atoms with Crippen molar-refractivity contribution in [2.45, 2.75) is 0 Å². The topological polar surface area (TPSA) is 29.3 Å². The highest BCUT2D eigenvalue weighted by Crippen LogP contribution is 2.40. The van der Waals surface area contributed by atoms with Crippen molar-refractivity contribution >= 4 is 49.9 Å². The second-order valence-corrected chi connectivity index (χ2v) is 10.5. The molecule has 0 atom stereocenters. The van der Waals surface area contributed by atoms with E-state index in [-0.39, 0.29) is 0 Å². The fourth-order valence-electron chi connectivity index (χ4n) is 5.85. The maximum Gasteiger partial charge on any atom is 0.153 e. The molecule has 3 nitrogen and oxygen atoms in total. The molecule has 2 aromatic heterocycles. The first-order valence-electron chi connectivity index (χ1n) is 14.1. The average Bonchev–Trinajstić information content (AvgIpc) is 3.45. The van der Waals surface area contributed by atoms with Crippen molar-refractivity contribution in [1.82, 2.24) is 4.98 Å². The highest BCUT2D eigenvalue weighted by molar-refractivity contribution is 6.14. The maximum atomic E-state index is 6.28. The van der Waals surface area contributed by atoms with Gasteiger partial charge in [0.15, 0.2) is 5.58 Å². The van der Waals surface area contributed by atoms with Gasteiger partial charge < -0.3 is 9.32 Å². The van der Waals surface area contributed by atoms with Gasteiger partial charge in [-0.3, -0.25) is 4.98 Å². The summed E-state index contributed by atoms with van der Waals surface area (Å²) in [6.07, 6.45) is 1.81. The number of anilines is 3. The first-order chi connectivity index (χ1) is 20.8. The van der Waals surface area contributed by atoms with E-state index in [9.17, 15) is 0 Å². The molecule has 0 aliphatic heterocycles. The summed E-state index contributed by atoms with van der Waals surface area (Å²) in [5.41, 5.74) is 10.6. The summed E-state index contributed by atoms with van der Waals surface area (Å²) in [4.78, 5) is 6.89. The van der Waals surface area contributed by atoms with E-state index in [1.807, 2.05) is 18.3 Å². The predicted molar refractivity (Wildman–Crippen MR) is 175 cm³/mol. The number of pyridine rings is 1. The molecule has 0 bridgehead atoms. The van der Waals surface area contributed by atoms with Gasteiger partial charge in [-0.25, -0.2) is 0 Å². The van der Waals surface area contributed by atoms with Crippen LogP contribution in [0, 0.1) is 0 Å². The lowest BCUT2D eigenvalue weighted by molar-refractivity contribution is 0.672. The molecule has 0 radical (unpaired) electrons. The molecule has 0 amide bonds. The molecule has 198 valence electrons. The Bertz CT molecular complexity index is 2180. The minimum atomic E-state index is 0.807. The molecule has 0 spiro atoms. The molecule has 8 aromatic rings. The summed E-state index contributed by atoms with van der Waals surface area (Å²) < 4.78 is 6.28. The first-order valence-corrected chi connectivity index (χ1v) is 14.1. The molecule has 0 fully saturated rings. The molecule has 0 unspecified atom stereocenters. The largest absolute Gasteiger partial charge is 0.454 e. The molecule has 42 heavy (non-hydrogen) atoms. The third-order valence-electron chi connectivity index (χ3n) is 7.89. The van der Waals surface area contributed by atoms with E-state index < -0.39 is 0 Å². The fourth-order valence-corrected chi connectivity index (χ4v) is 5.85. The zero-order valence-electron chi connectivity index (χ0n) is 22.8. The predicted octanol–water partition coefficient (Wildman–Crippen LogP) is 10.9. The highest BCUT2D eigenvalue weighted by atomic mass is 16.3. The Morgan fingerprint density at radius 3 is 1.88 bits per heavy atom. The van der Waals surface area contributed by atoms with Crippen LogP contribution in [0.2, 0.25) is 0 Å². The highest BCUT2D eigenvalue weighted by Gasteiger charge is 2.16. The molecule has 8 rings (SSSR count). The van der Waals surface area contributed by atoms with Gasteiger partial charge in [-0.1, -0.05) is 91.0 Å². The average molecular weight is 539 g/mol. The van der Waals surface area contributed by atoms with Crippen molar-refractivity contribution in [2.75, 3.05) is 4.90 Å². The minimum Gasteiger partial charge on any atom is -0.454 e. The zero-order valence-corrected chi connectivity index (χ0v) is 22.8. The van der Waals surface area contributed by atoms with E-state index in [1.165, 1.54) is 22.3 Å². The first kappa shape index (κ1) is 24.2. The lowest BCUT2D eigenvalue weighted by Gasteiger charge is -2.26. The number of rotatable bonds is 5. The van der Waals surface area contributed by atoms with Gasteiger partial charge in [0, 0.05) is 34.0 Å². The van der Waals surface area contributed by atoms with Crippen LogP contribution in [-0.2, 0) is 0 Å². The second kappa shape index (κ2) is 10.1. The summed E-state index contributed by atoms with van der Waals surface area (Å²) in [5, 5.41) is 3.23. The monoisotopic (exact) mass is 538 g/mol. The number of fused-ring (bicyclic) bond motifs is 5. The lowest BCUT2D eigenvalue weighted by atomic mass is 10.0. The van der Waals surface area contributed by atoms with Gasteiger partial charge in [-0.05, 0) is 88.3 Å². The summed E-state index contributed by atoms with van der Waals surface area (Å²) in [5.74, 6) is 0. The number of furan rings is 1. The van der Waals surface area contributed by atoms with Crippen LogP contribution in [0.25, 0.3) is 55.1 Å². The van der Waals surface area contributed by atoms with Gasteiger partial charge in [-0.15, -0.1) is 0 Å². The van der Waals surface area contributed by atoms with Gasteiger partial charge in [0.1, 0.15) is 11.1 Å². The van der Waals surface area contributed by atoms with Crippen molar-refractivity contribution in [2.24, 2.45) is 0 Å². The van der Waals surface area contributed by atoms with Crippen LogP contribution in [0.4, 0.5) is 17.1 Å². The van der Waals surface area contributed by atoms with Crippen LogP contribution >= 0.6 is 0 Å². The number of benzene rings is 6. The van der Waals surface area contributed by atoms with Crippen molar-refractivity contribution in [1.29, 1.82) is 0 Å². The van der Waals surface area contributed by atoms with Crippen LogP contribution in [0.3, 0.4) is 0 Å². The Labute approximate surface area is 243 Å². The Hall–Kier alpha value is -5.67. The van der Waals surface area contributed by atoms with Crippen molar-refractivity contribution < 1.29 is 4.42 Å². The Morgan fingerprint density at radius 1 is 0.452 bits per heavy atom. The van der Waals surface area contributed by atoms with E-state index in [2.05, 4.69) is 149 Å². The normalized spacial score (nSPS) is 11.3. The van der Waals surface area contributed by atoms with E-state index in [1.54, 1.807) is 0 Å². The van der Waals surface area contributed by atoms with Crippen LogP contribution in [0.5, 0.6) is 0 Å². The summed E-state index contributed by atoms with van der Waals surface area (Å²) in [7, 11) is 0. The van der Waals surface area contributed by atoms with Gasteiger partial charge in [-0.2, -0.15) is 0 Å². The van der Waals surface area contributed by atoms with Crippen LogP contribution in [-0.4, -0.2) is 4.98 Å². The van der Waals surface area contributed by atoms with Crippen LogP contribution in [0.15, 0.2) is 162 Å². The van der Waals surface area contributed by atoms with Crippen LogP contribution < -0.4 is 4.90 Å². The van der Waals surface area contributed by atoms with E-state index in [0.29, 0.717) is 0 Å². The Morgan fingerprint density at radius 2 is 1.10 bits per heavy atom. The molecule has 0 aliphatic carbocycles. The number of hydrogen-bond donors (Lipinski definition) is 0. The summed E-state index contributed by atoms with van der Waals surface area (Å²) in [6.45, 7) is 0. The molecule has 0 N–H and O–H groups in total. The smallest absolute Gasteiger partial charge is 0.153 e. The quantitative estimate of drug-likeness (QED) is 0.218. The van der Waals surface area contributed by atoms with Gasteiger partial charge in [0.25, 0.3) is 0 Å². The van der Waals surface area contributed by atoms with Gasteiger partial charge in [0.2, 0.25) is 0 Å². The molecule has 0 saturated carbocycles. The number of aromatic nitrogens is 1. The van der Waals surface area contributed by atoms with E-state index in [0.717, 1.165) is 49.9 Å². The molecule has 2 heterocycles. The fraction of sp³-hybridized carbons (Fsp3) is 0. The van der Waals surface area contributed by atoms with Gasteiger partial charge >= 0.3 is 0 Å². The third kappa shape index (κ3) is 4.20. The molecule has 3 heteroatoms. The standard InChI is InChI=1S/C39H26N2O/c1-3-9-27(10-4-1)29-16-19-32(20-17-29)41(33-14-7-13-30(25-33)28-11-5-2-6-12-28)34-21-23-35-31(26-34)18-22-36-38-37(42-39(35)36)15-8-24-40-38/h1-26H. The maximum absolute atomic E-state index is 6.28. The molecule has 0 saturated heterocycles. The zero-order chi connectivity index (χ0) is 27.9. The molecule has 6 aromatic carbocycles. The van der Waals surface area contributed by atoms with E-state index in [4.69, 9.17) is 4.42 Å². The molecule has 0 aliphatic rings. The molecular weight excluding hydrogens is 512 g/mol. The van der Waals surface area contributed by atoms with Crippen molar-refractivity contribution in [3.05, 3.63) is 158 Å². The number of hydrogen-bond acceptors (Lipinski definition) is 3. The lowest BCUT2D eigenvalue weighted by Crippen LogP contribution is -2.10. The van der Waals surface area contributed by atoms with Crippen LogP contribution in [0.1, 0.15) is 0 Å². The van der Waals surface area contributed by atoms with Crippen molar-refractivity contribution in [3.8, 4) is 22.3 Å².